The van der Waals surface area contributed by atoms with Crippen molar-refractivity contribution in [2.45, 2.75) is 44.9 Å². The van der Waals surface area contributed by atoms with Crippen molar-refractivity contribution in [3.63, 3.8) is 0 Å². The number of piperidine rings is 1. The number of halogens is 1. The highest BCUT2D eigenvalue weighted by Crippen LogP contribution is 2.33. The van der Waals surface area contributed by atoms with Gasteiger partial charge in [-0.25, -0.2) is 9.78 Å². The normalized spacial score (nSPS) is 19.6. The van der Waals surface area contributed by atoms with Gasteiger partial charge in [0.05, 0.1) is 39.6 Å². The number of hydrogen-bond acceptors (Lipinski definition) is 6. The summed E-state index contributed by atoms with van der Waals surface area (Å²) in [5, 5.41) is 9.52. The van der Waals surface area contributed by atoms with Crippen LogP contribution in [0.4, 0.5) is 4.79 Å². The van der Waals surface area contributed by atoms with Crippen LogP contribution in [0.2, 0.25) is 0 Å². The molecule has 0 spiro atoms. The summed E-state index contributed by atoms with van der Waals surface area (Å²) in [6, 6.07) is 12.9. The molecule has 2 aliphatic heterocycles. The second-order valence-electron chi connectivity index (χ2n) is 8.57. The molecule has 2 fully saturated rings. The fourth-order valence-corrected chi connectivity index (χ4v) is 5.03. The second-order valence-corrected chi connectivity index (χ2v) is 9.42. The van der Waals surface area contributed by atoms with Gasteiger partial charge >= 0.3 is 6.09 Å². The first-order valence-electron chi connectivity index (χ1n) is 11.3. The lowest BCUT2D eigenvalue weighted by Crippen LogP contribution is -2.44. The average Bonchev–Trinajstić information content (AvgIpc) is 3.22. The lowest BCUT2D eigenvalue weighted by atomic mass is 10.0. The van der Waals surface area contributed by atoms with Gasteiger partial charge in [0.2, 0.25) is 0 Å². The summed E-state index contributed by atoms with van der Waals surface area (Å²) in [5.41, 5.74) is 1.98. The third kappa shape index (κ3) is 4.14. The molecule has 2 saturated heterocycles. The zero-order chi connectivity index (χ0) is 23.8. The largest absolute Gasteiger partial charge is 0.489 e. The Morgan fingerprint density at radius 1 is 1.26 bits per heavy atom. The predicted molar refractivity (Wildman–Crippen MR) is 129 cm³/mol. The van der Waals surface area contributed by atoms with E-state index in [-0.39, 0.29) is 23.8 Å². The molecule has 0 bridgehead atoms. The number of amides is 1. The Kier molecular flexibility index (Phi) is 6.00. The number of fused-ring (bicyclic) bond motifs is 2. The van der Waals surface area contributed by atoms with Crippen LogP contribution < -0.4 is 10.3 Å². The Hall–Kier alpha value is -3.38. The van der Waals surface area contributed by atoms with E-state index >= 15 is 0 Å². The Bertz CT molecular complexity index is 1360. The number of aromatic nitrogens is 2. The van der Waals surface area contributed by atoms with Gasteiger partial charge < -0.3 is 14.4 Å². The summed E-state index contributed by atoms with van der Waals surface area (Å²) in [7, 11) is 0. The molecule has 2 aromatic carbocycles. The van der Waals surface area contributed by atoms with Crippen molar-refractivity contribution >= 4 is 32.9 Å². The maximum absolute atomic E-state index is 13.5. The maximum Gasteiger partial charge on any atom is 0.410 e. The zero-order valence-electron chi connectivity index (χ0n) is 18.7. The molecule has 0 radical (unpaired) electrons. The Balaban J connectivity index is 1.46. The monoisotopic (exact) mass is 522 g/mol. The topological polar surface area (TPSA) is 97.4 Å². The molecule has 0 aliphatic carbocycles. The molecular weight excluding hydrogens is 500 g/mol. The van der Waals surface area contributed by atoms with E-state index < -0.39 is 0 Å². The van der Waals surface area contributed by atoms with Crippen LogP contribution in [-0.4, -0.2) is 45.8 Å². The van der Waals surface area contributed by atoms with Crippen LogP contribution in [0.15, 0.2) is 45.7 Å². The van der Waals surface area contributed by atoms with Crippen LogP contribution in [0, 0.1) is 11.3 Å². The number of carbonyl (C=O) groups excluding carboxylic acids is 1. The fourth-order valence-electron chi connectivity index (χ4n) is 4.61. The van der Waals surface area contributed by atoms with Gasteiger partial charge in [-0.05, 0) is 45.8 Å². The average molecular weight is 523 g/mol. The van der Waals surface area contributed by atoms with Crippen molar-refractivity contribution in [2.75, 3.05) is 13.2 Å². The molecule has 174 valence electrons. The molecule has 2 atom stereocenters. The van der Waals surface area contributed by atoms with E-state index in [9.17, 15) is 9.59 Å². The van der Waals surface area contributed by atoms with Crippen molar-refractivity contribution < 1.29 is 14.3 Å². The molecule has 3 heterocycles. The quantitative estimate of drug-likeness (QED) is 0.502. The standard InChI is InChI=1S/C25H23BrN4O4/c1-2-23-28-21-11-20(26)22(34-18-7-8-29-17(9-18)14-33-25(29)32)10-19(21)24(31)30(23)13-16-5-3-15(12-27)4-6-16/h3-6,10-11,17-18H,2,7-9,13-14H2,1H3/t17-,18-/m0/s1. The molecule has 2 aliphatic rings. The van der Waals surface area contributed by atoms with Crippen molar-refractivity contribution in [2.24, 2.45) is 0 Å². The maximum atomic E-state index is 13.5. The molecule has 1 amide bonds. The smallest absolute Gasteiger partial charge is 0.410 e. The van der Waals surface area contributed by atoms with E-state index in [4.69, 9.17) is 19.7 Å². The van der Waals surface area contributed by atoms with Gasteiger partial charge in [0.15, 0.2) is 0 Å². The summed E-state index contributed by atoms with van der Waals surface area (Å²) in [5.74, 6) is 1.28. The Morgan fingerprint density at radius 2 is 2.06 bits per heavy atom. The molecular formula is C25H23BrN4O4. The van der Waals surface area contributed by atoms with Gasteiger partial charge in [-0.3, -0.25) is 9.36 Å². The number of cyclic esters (lactones) is 1. The zero-order valence-corrected chi connectivity index (χ0v) is 20.2. The third-order valence-electron chi connectivity index (χ3n) is 6.42. The highest BCUT2D eigenvalue weighted by atomic mass is 79.9. The number of nitrogens with zero attached hydrogens (tertiary/aromatic N) is 4. The van der Waals surface area contributed by atoms with Gasteiger partial charge in [0.1, 0.15) is 24.3 Å². The minimum atomic E-state index is -0.254. The number of ether oxygens (including phenoxy) is 2. The van der Waals surface area contributed by atoms with E-state index in [1.807, 2.05) is 25.1 Å². The summed E-state index contributed by atoms with van der Waals surface area (Å²) in [6.07, 6.45) is 1.67. The number of hydrogen-bond donors (Lipinski definition) is 0. The van der Waals surface area contributed by atoms with E-state index in [1.165, 1.54) is 0 Å². The van der Waals surface area contributed by atoms with Crippen LogP contribution in [0.25, 0.3) is 10.9 Å². The van der Waals surface area contributed by atoms with Crippen LogP contribution in [-0.2, 0) is 17.7 Å². The minimum absolute atomic E-state index is 0.0314. The van der Waals surface area contributed by atoms with E-state index in [0.717, 1.165) is 10.0 Å². The molecule has 1 aromatic heterocycles. The Morgan fingerprint density at radius 3 is 2.79 bits per heavy atom. The van der Waals surface area contributed by atoms with Gasteiger partial charge in [-0.2, -0.15) is 5.26 Å². The van der Waals surface area contributed by atoms with Gasteiger partial charge in [-0.15, -0.1) is 0 Å². The highest BCUT2D eigenvalue weighted by molar-refractivity contribution is 9.10. The highest BCUT2D eigenvalue weighted by Gasteiger charge is 2.39. The van der Waals surface area contributed by atoms with Crippen molar-refractivity contribution in [3.05, 3.63) is 68.2 Å². The van der Waals surface area contributed by atoms with Crippen molar-refractivity contribution in [3.8, 4) is 11.8 Å². The van der Waals surface area contributed by atoms with Crippen molar-refractivity contribution in [1.82, 2.24) is 14.5 Å². The van der Waals surface area contributed by atoms with Crippen LogP contribution in [0.5, 0.6) is 5.75 Å². The minimum Gasteiger partial charge on any atom is -0.489 e. The number of rotatable bonds is 5. The molecule has 3 aromatic rings. The first-order valence-corrected chi connectivity index (χ1v) is 12.1. The summed E-state index contributed by atoms with van der Waals surface area (Å²) in [6.45, 7) is 3.33. The number of benzene rings is 2. The second kappa shape index (κ2) is 9.11. The molecule has 0 saturated carbocycles. The SMILES string of the molecule is CCc1nc2cc(Br)c(O[C@H]3CCN4C(=O)OC[C@@H]4C3)cc2c(=O)n1Cc1ccc(C#N)cc1. The predicted octanol–water partition coefficient (Wildman–Crippen LogP) is 4.00. The van der Waals surface area contributed by atoms with E-state index in [1.54, 1.807) is 27.7 Å². The Labute approximate surface area is 204 Å². The van der Waals surface area contributed by atoms with Gasteiger partial charge in [0.25, 0.3) is 5.56 Å². The lowest BCUT2D eigenvalue weighted by Gasteiger charge is -2.32. The summed E-state index contributed by atoms with van der Waals surface area (Å²) >= 11 is 3.58. The fraction of sp³-hybridized carbons (Fsp3) is 0.360. The van der Waals surface area contributed by atoms with Crippen LogP contribution >= 0.6 is 15.9 Å². The first kappa shape index (κ1) is 22.4. The van der Waals surface area contributed by atoms with Crippen LogP contribution in [0.3, 0.4) is 0 Å². The van der Waals surface area contributed by atoms with Gasteiger partial charge in [0, 0.05) is 25.8 Å². The lowest BCUT2D eigenvalue weighted by molar-refractivity contribution is 0.0931. The summed E-state index contributed by atoms with van der Waals surface area (Å²) in [4.78, 5) is 31.8. The van der Waals surface area contributed by atoms with Crippen LogP contribution in [0.1, 0.15) is 36.7 Å². The molecule has 0 unspecified atom stereocenters. The van der Waals surface area contributed by atoms with Crippen molar-refractivity contribution in [1.29, 1.82) is 5.26 Å². The first-order chi connectivity index (χ1) is 16.5. The summed E-state index contributed by atoms with van der Waals surface area (Å²) < 4.78 is 13.9. The molecule has 9 heteroatoms. The molecule has 5 rings (SSSR count). The number of nitriles is 1. The number of aryl methyl sites for hydroxylation is 1. The van der Waals surface area contributed by atoms with Gasteiger partial charge in [-0.1, -0.05) is 19.1 Å². The molecule has 34 heavy (non-hydrogen) atoms. The molecule has 0 N–H and O–H groups in total. The third-order valence-corrected chi connectivity index (χ3v) is 7.04. The van der Waals surface area contributed by atoms with E-state index in [0.29, 0.717) is 67.0 Å². The molecule has 8 nitrogen and oxygen atoms in total. The number of carbonyl (C=O) groups is 1. The van der Waals surface area contributed by atoms with E-state index in [2.05, 4.69) is 22.0 Å².